The average molecular weight is 601 g/mol. The molecule has 8 nitrogen and oxygen atoms in total. The molecule has 0 saturated carbocycles. The van der Waals surface area contributed by atoms with Gasteiger partial charge in [-0.05, 0) is 60.5 Å². The summed E-state index contributed by atoms with van der Waals surface area (Å²) in [6.45, 7) is 2.75. The molecule has 214 valence electrons. The number of hydrogen-bond donors (Lipinski definition) is 1. The van der Waals surface area contributed by atoms with Crippen molar-refractivity contribution in [2.75, 3.05) is 19.7 Å². The Morgan fingerprint density at radius 2 is 1.95 bits per heavy atom. The van der Waals surface area contributed by atoms with E-state index in [1.54, 1.807) is 18.2 Å². The van der Waals surface area contributed by atoms with Crippen LogP contribution < -0.4 is 4.74 Å². The van der Waals surface area contributed by atoms with E-state index in [1.165, 1.54) is 24.3 Å². The lowest BCUT2D eigenvalue weighted by atomic mass is 10.1. The maximum atomic E-state index is 14.8. The number of carbonyl (C=O) groups is 1. The highest BCUT2D eigenvalue weighted by Gasteiger charge is 2.25. The Hall–Kier alpha value is -3.51. The van der Waals surface area contributed by atoms with Gasteiger partial charge in [0.25, 0.3) is 0 Å². The third-order valence-corrected chi connectivity index (χ3v) is 7.32. The zero-order valence-electron chi connectivity index (χ0n) is 21.8. The topological polar surface area (TPSA) is 89.7 Å². The van der Waals surface area contributed by atoms with Gasteiger partial charge in [-0.1, -0.05) is 17.7 Å². The lowest BCUT2D eigenvalue weighted by molar-refractivity contribution is -0.0591. The van der Waals surface area contributed by atoms with Crippen molar-refractivity contribution in [1.82, 2.24) is 19.4 Å². The molecule has 0 amide bonds. The van der Waals surface area contributed by atoms with E-state index >= 15 is 0 Å². The van der Waals surface area contributed by atoms with Crippen LogP contribution in [0.4, 0.5) is 8.78 Å². The summed E-state index contributed by atoms with van der Waals surface area (Å²) in [5, 5.41) is 9.73. The molecule has 2 aromatic carbocycles. The summed E-state index contributed by atoms with van der Waals surface area (Å²) < 4.78 is 42.1. The van der Waals surface area contributed by atoms with E-state index in [2.05, 4.69) is 9.88 Å². The fourth-order valence-electron chi connectivity index (χ4n) is 4.90. The van der Waals surface area contributed by atoms with E-state index in [0.29, 0.717) is 44.0 Å². The zero-order chi connectivity index (χ0) is 27.8. The van der Waals surface area contributed by atoms with Gasteiger partial charge in [-0.3, -0.25) is 4.90 Å². The van der Waals surface area contributed by atoms with Gasteiger partial charge in [0.2, 0.25) is 0 Å². The second-order valence-corrected chi connectivity index (χ2v) is 10.3. The summed E-state index contributed by atoms with van der Waals surface area (Å²) in [6.07, 6.45) is 2.92. The van der Waals surface area contributed by atoms with Crippen LogP contribution in [-0.4, -0.2) is 56.3 Å². The van der Waals surface area contributed by atoms with E-state index < -0.39 is 17.6 Å². The Morgan fingerprint density at radius 3 is 2.68 bits per heavy atom. The largest absolute Gasteiger partial charge is 0.484 e. The van der Waals surface area contributed by atoms with Gasteiger partial charge >= 0.3 is 5.97 Å². The van der Waals surface area contributed by atoms with Gasteiger partial charge < -0.3 is 19.1 Å². The average Bonchev–Trinajstić information content (AvgIpc) is 3.50. The number of nitrogens with zero attached hydrogens (tertiary/aromatic N) is 4. The van der Waals surface area contributed by atoms with Crippen LogP contribution in [-0.2, 0) is 24.4 Å². The first-order chi connectivity index (χ1) is 19.3. The smallest absolute Gasteiger partial charge is 0.335 e. The summed E-state index contributed by atoms with van der Waals surface area (Å²) in [6, 6.07) is 11.9. The van der Waals surface area contributed by atoms with Crippen molar-refractivity contribution in [3.05, 3.63) is 94.0 Å². The third-order valence-electron chi connectivity index (χ3n) is 7.09. The minimum atomic E-state index is -0.995. The van der Waals surface area contributed by atoms with Crippen LogP contribution in [0.1, 0.15) is 34.0 Å². The molecule has 4 aromatic rings. The second-order valence-electron chi connectivity index (χ2n) is 9.82. The minimum Gasteiger partial charge on any atom is -0.484 e. The summed E-state index contributed by atoms with van der Waals surface area (Å²) in [7, 11) is 0. The maximum absolute atomic E-state index is 14.8. The molecule has 41 heavy (non-hydrogen) atoms. The molecule has 2 aliphatic heterocycles. The maximum Gasteiger partial charge on any atom is 0.335 e. The van der Waals surface area contributed by atoms with E-state index in [-0.39, 0.29) is 48.2 Å². The standard InChI is InChI=1S/C29H25ClF2N4O4.H2S/c30-19-2-6-26(23(32)12-19)40-16-20-3-4-22(31)28(33-20)18-7-9-35(13-18)15-27-34-24-5-1-17(29(37)38)11-25(24)36(27)14-21-8-10-39-21;/h1-7,11-12,21H,8-10,13-16H2,(H,37,38);1H2/t21-;/m0./s1. The van der Waals surface area contributed by atoms with E-state index in [1.807, 2.05) is 10.6 Å². The van der Waals surface area contributed by atoms with Gasteiger partial charge in [0.15, 0.2) is 11.6 Å². The summed E-state index contributed by atoms with van der Waals surface area (Å²) in [5.74, 6) is -1.22. The van der Waals surface area contributed by atoms with Crippen molar-refractivity contribution in [2.24, 2.45) is 0 Å². The van der Waals surface area contributed by atoms with Crippen LogP contribution in [0, 0.1) is 11.6 Å². The van der Waals surface area contributed by atoms with Gasteiger partial charge in [0.1, 0.15) is 23.9 Å². The number of rotatable bonds is 9. The molecule has 1 fully saturated rings. The molecule has 2 aliphatic rings. The van der Waals surface area contributed by atoms with Crippen molar-refractivity contribution in [1.29, 1.82) is 0 Å². The monoisotopic (exact) mass is 600 g/mol. The Morgan fingerprint density at radius 1 is 1.12 bits per heavy atom. The van der Waals surface area contributed by atoms with E-state index in [0.717, 1.165) is 29.4 Å². The summed E-state index contributed by atoms with van der Waals surface area (Å²) >= 11 is 5.79. The number of imidazole rings is 1. The van der Waals surface area contributed by atoms with Gasteiger partial charge in [-0.15, -0.1) is 0 Å². The number of hydrogen-bond acceptors (Lipinski definition) is 6. The lowest BCUT2D eigenvalue weighted by Crippen LogP contribution is -2.32. The van der Waals surface area contributed by atoms with Crippen LogP contribution in [0.3, 0.4) is 0 Å². The van der Waals surface area contributed by atoms with Crippen molar-refractivity contribution in [2.45, 2.75) is 32.2 Å². The third kappa shape index (κ3) is 6.23. The van der Waals surface area contributed by atoms with Crippen LogP contribution in [0.25, 0.3) is 16.6 Å². The predicted octanol–water partition coefficient (Wildman–Crippen LogP) is 5.44. The molecule has 0 spiro atoms. The van der Waals surface area contributed by atoms with Gasteiger partial charge in [0.05, 0.1) is 41.5 Å². The number of aromatic carboxylic acids is 1. The Kier molecular flexibility index (Phi) is 8.60. The molecule has 6 rings (SSSR count). The van der Waals surface area contributed by atoms with Crippen molar-refractivity contribution < 1.29 is 28.2 Å². The first kappa shape index (κ1) is 29.0. The molecular weight excluding hydrogens is 574 g/mol. The lowest BCUT2D eigenvalue weighted by Gasteiger charge is -2.28. The molecular formula is C29H27ClF2N4O4S. The molecule has 1 atom stereocenters. The highest BCUT2D eigenvalue weighted by atomic mass is 35.5. The Labute approximate surface area is 246 Å². The SMILES string of the molecule is O=C(O)c1ccc2nc(CN3CC=C(c4nc(COc5ccc(Cl)cc5F)ccc4F)C3)n(C[C@@H]3CCO3)c2c1.S. The first-order valence-electron chi connectivity index (χ1n) is 12.8. The number of pyridine rings is 1. The van der Waals surface area contributed by atoms with Crippen molar-refractivity contribution in [3.63, 3.8) is 0 Å². The molecule has 1 saturated heterocycles. The van der Waals surface area contributed by atoms with Crippen LogP contribution in [0.2, 0.25) is 5.02 Å². The number of fused-ring (bicyclic) bond motifs is 1. The fourth-order valence-corrected chi connectivity index (χ4v) is 5.05. The van der Waals surface area contributed by atoms with E-state index in [4.69, 9.17) is 26.1 Å². The van der Waals surface area contributed by atoms with Gasteiger partial charge in [0, 0.05) is 24.7 Å². The summed E-state index contributed by atoms with van der Waals surface area (Å²) in [4.78, 5) is 22.9. The second kappa shape index (κ2) is 12.2. The molecule has 4 heterocycles. The molecule has 0 unspecified atom stereocenters. The highest BCUT2D eigenvalue weighted by Crippen LogP contribution is 2.27. The molecule has 0 radical (unpaired) electrons. The number of carboxylic acid groups (broad SMARTS) is 1. The quantitative estimate of drug-likeness (QED) is 0.274. The van der Waals surface area contributed by atoms with Gasteiger partial charge in [-0.25, -0.2) is 23.5 Å². The van der Waals surface area contributed by atoms with E-state index in [9.17, 15) is 18.7 Å². The van der Waals surface area contributed by atoms with Crippen LogP contribution >= 0.6 is 25.1 Å². The molecule has 1 N–H and O–H groups in total. The molecule has 0 bridgehead atoms. The predicted molar refractivity (Wildman–Crippen MR) is 155 cm³/mol. The fraction of sp³-hybridized carbons (Fsp3) is 0.276. The highest BCUT2D eigenvalue weighted by molar-refractivity contribution is 7.59. The van der Waals surface area contributed by atoms with Crippen molar-refractivity contribution >= 4 is 47.7 Å². The van der Waals surface area contributed by atoms with Crippen molar-refractivity contribution in [3.8, 4) is 5.75 Å². The normalized spacial score (nSPS) is 16.8. The number of carboxylic acids is 1. The minimum absolute atomic E-state index is 0. The first-order valence-corrected chi connectivity index (χ1v) is 13.2. The number of aromatic nitrogens is 3. The Balaban J connectivity index is 0.00000337. The molecule has 2 aromatic heterocycles. The zero-order valence-corrected chi connectivity index (χ0v) is 23.6. The number of halogens is 3. The molecule has 0 aliphatic carbocycles. The molecule has 12 heteroatoms. The number of ether oxygens (including phenoxy) is 2. The number of benzene rings is 2. The van der Waals surface area contributed by atoms with Crippen LogP contribution in [0.5, 0.6) is 5.75 Å². The summed E-state index contributed by atoms with van der Waals surface area (Å²) in [5.41, 5.74) is 3.07. The van der Waals surface area contributed by atoms with Gasteiger partial charge in [-0.2, -0.15) is 13.5 Å². The van der Waals surface area contributed by atoms with Crippen LogP contribution in [0.15, 0.2) is 54.6 Å². The Bertz CT molecular complexity index is 1640.